The monoisotopic (exact) mass is 532 g/mol. The Balaban J connectivity index is 1.35. The molecular formula is C27H24N4O4S2. The van der Waals surface area contributed by atoms with E-state index in [4.69, 9.17) is 9.84 Å². The molecule has 5 aromatic rings. The summed E-state index contributed by atoms with van der Waals surface area (Å²) in [7, 11) is 1.72. The number of carbonyl (C=O) groups is 2. The number of carboxylic acids is 1. The molecule has 0 radical (unpaired) electrons. The molecule has 1 unspecified atom stereocenters. The van der Waals surface area contributed by atoms with Crippen LogP contribution < -0.4 is 5.32 Å². The Morgan fingerprint density at radius 1 is 1.05 bits per heavy atom. The highest BCUT2D eigenvalue weighted by molar-refractivity contribution is 7.31. The minimum atomic E-state index is -0.836. The minimum Gasteiger partial charge on any atom is -0.481 e. The summed E-state index contributed by atoms with van der Waals surface area (Å²) in [5.41, 5.74) is 4.31. The van der Waals surface area contributed by atoms with E-state index in [-0.39, 0.29) is 6.42 Å². The summed E-state index contributed by atoms with van der Waals surface area (Å²) in [6.45, 7) is 3.76. The van der Waals surface area contributed by atoms with Crippen molar-refractivity contribution in [2.24, 2.45) is 7.05 Å². The molecule has 8 nitrogen and oxygen atoms in total. The number of fused-ring (bicyclic) bond motifs is 1. The highest BCUT2D eigenvalue weighted by atomic mass is 32.1. The van der Waals surface area contributed by atoms with Crippen molar-refractivity contribution < 1.29 is 19.4 Å². The van der Waals surface area contributed by atoms with Gasteiger partial charge >= 0.3 is 12.1 Å². The SMILES string of the molecule is Cc1cc(-c2cc3sc(-c4nnn(C)c4NC(=O)OC(C)c4ccccc4)cc3s2)ccc1CC(=O)O. The van der Waals surface area contributed by atoms with Crippen LogP contribution in [0.4, 0.5) is 10.6 Å². The third kappa shape index (κ3) is 5.25. The fourth-order valence-electron chi connectivity index (χ4n) is 4.05. The molecule has 2 N–H and O–H groups in total. The number of hydrogen-bond donors (Lipinski definition) is 2. The van der Waals surface area contributed by atoms with E-state index in [1.54, 1.807) is 29.7 Å². The Morgan fingerprint density at radius 2 is 1.76 bits per heavy atom. The predicted octanol–water partition coefficient (Wildman–Crippen LogP) is 6.67. The molecule has 3 heterocycles. The summed E-state index contributed by atoms with van der Waals surface area (Å²) in [6.07, 6.45) is -0.967. The molecule has 0 fully saturated rings. The summed E-state index contributed by atoms with van der Waals surface area (Å²) in [5, 5.41) is 20.3. The average Bonchev–Trinajstić information content (AvgIpc) is 3.54. The summed E-state index contributed by atoms with van der Waals surface area (Å²) in [4.78, 5) is 25.7. The van der Waals surface area contributed by atoms with E-state index in [1.165, 1.54) is 4.68 Å². The summed E-state index contributed by atoms with van der Waals surface area (Å²) in [5.74, 6) is -0.374. The second-order valence-corrected chi connectivity index (χ2v) is 10.8. The molecule has 0 aliphatic rings. The largest absolute Gasteiger partial charge is 0.481 e. The van der Waals surface area contributed by atoms with Crippen molar-refractivity contribution in [1.29, 1.82) is 0 Å². The van der Waals surface area contributed by atoms with Crippen molar-refractivity contribution in [1.82, 2.24) is 15.0 Å². The van der Waals surface area contributed by atoms with Crippen LogP contribution in [-0.4, -0.2) is 32.2 Å². The predicted molar refractivity (Wildman–Crippen MR) is 146 cm³/mol. The van der Waals surface area contributed by atoms with Gasteiger partial charge in [0.15, 0.2) is 5.82 Å². The van der Waals surface area contributed by atoms with Crippen LogP contribution in [0.2, 0.25) is 0 Å². The maximum absolute atomic E-state index is 12.6. The van der Waals surface area contributed by atoms with Gasteiger partial charge in [-0.1, -0.05) is 53.7 Å². The Labute approximate surface area is 221 Å². The number of carbonyl (C=O) groups excluding carboxylic acids is 1. The minimum absolute atomic E-state index is 0.0161. The molecule has 5 rings (SSSR count). The second kappa shape index (κ2) is 10.2. The van der Waals surface area contributed by atoms with Crippen LogP contribution in [0.15, 0.2) is 60.7 Å². The van der Waals surface area contributed by atoms with Gasteiger partial charge in [-0.25, -0.2) is 9.48 Å². The van der Waals surface area contributed by atoms with E-state index in [2.05, 4.69) is 21.7 Å². The van der Waals surface area contributed by atoms with Crippen molar-refractivity contribution in [3.05, 3.63) is 77.4 Å². The number of aromatic nitrogens is 3. The van der Waals surface area contributed by atoms with Crippen molar-refractivity contribution in [2.45, 2.75) is 26.4 Å². The van der Waals surface area contributed by atoms with Crippen molar-refractivity contribution >= 4 is 50.0 Å². The third-order valence-corrected chi connectivity index (χ3v) is 8.36. The quantitative estimate of drug-likeness (QED) is 0.242. The van der Waals surface area contributed by atoms with Gasteiger partial charge in [0.05, 0.1) is 11.3 Å². The van der Waals surface area contributed by atoms with Crippen LogP contribution >= 0.6 is 22.7 Å². The Hall–Kier alpha value is -4.02. The number of anilines is 1. The number of nitrogens with zero attached hydrogens (tertiary/aromatic N) is 3. The number of aliphatic carboxylic acids is 1. The van der Waals surface area contributed by atoms with Gasteiger partial charge in [0.1, 0.15) is 11.8 Å². The molecule has 1 atom stereocenters. The van der Waals surface area contributed by atoms with Gasteiger partial charge in [-0.15, -0.1) is 27.8 Å². The average molecular weight is 533 g/mol. The zero-order chi connectivity index (χ0) is 26.1. The first-order valence-corrected chi connectivity index (χ1v) is 13.2. The van der Waals surface area contributed by atoms with Crippen LogP contribution in [0.3, 0.4) is 0 Å². The molecule has 0 spiro atoms. The van der Waals surface area contributed by atoms with Gasteiger partial charge in [0.25, 0.3) is 0 Å². The number of carboxylic acid groups (broad SMARTS) is 1. The van der Waals surface area contributed by atoms with E-state index < -0.39 is 18.2 Å². The lowest BCUT2D eigenvalue weighted by atomic mass is 10.0. The number of rotatable bonds is 7. The zero-order valence-electron chi connectivity index (χ0n) is 20.4. The molecule has 3 aromatic heterocycles. The van der Waals surface area contributed by atoms with E-state index in [9.17, 15) is 9.59 Å². The Bertz CT molecular complexity index is 1570. The Morgan fingerprint density at radius 3 is 2.46 bits per heavy atom. The fourth-order valence-corrected chi connectivity index (χ4v) is 6.43. The van der Waals surface area contributed by atoms with Gasteiger partial charge in [-0.3, -0.25) is 10.1 Å². The van der Waals surface area contributed by atoms with E-state index in [0.29, 0.717) is 11.5 Å². The van der Waals surface area contributed by atoms with Crippen LogP contribution in [0.5, 0.6) is 0 Å². The first-order chi connectivity index (χ1) is 17.8. The molecule has 37 heavy (non-hydrogen) atoms. The van der Waals surface area contributed by atoms with Crippen LogP contribution in [-0.2, 0) is 23.0 Å². The van der Waals surface area contributed by atoms with Crippen molar-refractivity contribution in [3.63, 3.8) is 0 Å². The molecule has 0 saturated carbocycles. The summed E-state index contributed by atoms with van der Waals surface area (Å²) in [6, 6.07) is 19.6. The first kappa shape index (κ1) is 24.7. The normalized spacial score (nSPS) is 12.0. The fraction of sp³-hybridized carbons (Fsp3) is 0.185. The third-order valence-electron chi connectivity index (χ3n) is 6.01. The van der Waals surface area contributed by atoms with Crippen molar-refractivity contribution in [3.8, 4) is 21.0 Å². The molecule has 188 valence electrons. The number of ether oxygens (including phenoxy) is 1. The van der Waals surface area contributed by atoms with Gasteiger partial charge in [0.2, 0.25) is 0 Å². The zero-order valence-corrected chi connectivity index (χ0v) is 22.0. The number of amides is 1. The molecular weight excluding hydrogens is 508 g/mol. The highest BCUT2D eigenvalue weighted by Gasteiger charge is 2.21. The van der Waals surface area contributed by atoms with Crippen LogP contribution in [0, 0.1) is 6.92 Å². The lowest BCUT2D eigenvalue weighted by Crippen LogP contribution is -2.18. The topological polar surface area (TPSA) is 106 Å². The molecule has 0 aliphatic heterocycles. The van der Waals surface area contributed by atoms with Crippen LogP contribution in [0.25, 0.3) is 30.4 Å². The molecule has 2 aromatic carbocycles. The van der Waals surface area contributed by atoms with Crippen molar-refractivity contribution in [2.75, 3.05) is 5.32 Å². The molecule has 1 amide bonds. The standard InChI is InChI=1S/C27H24N4O4S2/c1-15-11-19(10-9-18(15)12-24(32)33)20-13-21-22(36-20)14-23(37-21)25-26(31(3)30-29-25)28-27(34)35-16(2)17-7-5-4-6-8-17/h4-11,13-14,16H,12H2,1-3H3,(H,28,34)(H,32,33). The first-order valence-electron chi connectivity index (χ1n) is 11.6. The van der Waals surface area contributed by atoms with Gasteiger partial charge < -0.3 is 9.84 Å². The maximum Gasteiger partial charge on any atom is 0.413 e. The van der Waals surface area contributed by atoms with E-state index in [1.807, 2.05) is 68.4 Å². The number of aryl methyl sites for hydroxylation is 2. The van der Waals surface area contributed by atoms with Crippen LogP contribution in [0.1, 0.15) is 29.7 Å². The van der Waals surface area contributed by atoms with Gasteiger partial charge in [-0.2, -0.15) is 0 Å². The summed E-state index contributed by atoms with van der Waals surface area (Å²) >= 11 is 3.23. The van der Waals surface area contributed by atoms with E-state index in [0.717, 1.165) is 41.4 Å². The maximum atomic E-state index is 12.6. The highest BCUT2D eigenvalue weighted by Crippen LogP contribution is 2.43. The second-order valence-electron chi connectivity index (χ2n) is 8.66. The van der Waals surface area contributed by atoms with E-state index >= 15 is 0 Å². The Kier molecular flexibility index (Phi) is 6.77. The molecule has 0 saturated heterocycles. The number of thiophene rings is 2. The smallest absolute Gasteiger partial charge is 0.413 e. The van der Waals surface area contributed by atoms with Gasteiger partial charge in [0, 0.05) is 21.3 Å². The molecule has 0 bridgehead atoms. The number of nitrogens with one attached hydrogen (secondary N) is 1. The summed E-state index contributed by atoms with van der Waals surface area (Å²) < 4.78 is 9.27. The van der Waals surface area contributed by atoms with Gasteiger partial charge in [-0.05, 0) is 48.2 Å². The molecule has 10 heteroatoms. The number of hydrogen-bond acceptors (Lipinski definition) is 7. The number of benzene rings is 2. The molecule has 0 aliphatic carbocycles. The lowest BCUT2D eigenvalue weighted by Gasteiger charge is -2.14. The lowest BCUT2D eigenvalue weighted by molar-refractivity contribution is -0.136.